The van der Waals surface area contributed by atoms with Gasteiger partial charge in [0.1, 0.15) is 0 Å². The summed E-state index contributed by atoms with van der Waals surface area (Å²) in [5.41, 5.74) is 0.355. The summed E-state index contributed by atoms with van der Waals surface area (Å²) < 4.78 is 5.39. The number of carbonyl (C=O) groups excluding carboxylic acids is 3. The summed E-state index contributed by atoms with van der Waals surface area (Å²) in [4.78, 5) is 34.7. The maximum absolute atomic E-state index is 11.9. The van der Waals surface area contributed by atoms with E-state index in [1.54, 1.807) is 31.2 Å². The molecule has 0 aliphatic rings. The molecule has 0 unspecified atom stereocenters. The second kappa shape index (κ2) is 8.21. The van der Waals surface area contributed by atoms with Crippen molar-refractivity contribution in [1.29, 1.82) is 0 Å². The molecule has 0 aliphatic heterocycles. The second-order valence-electron chi connectivity index (χ2n) is 3.51. The first-order valence-electron chi connectivity index (χ1n) is 5.32. The van der Waals surface area contributed by atoms with Crippen molar-refractivity contribution in [1.82, 2.24) is 0 Å². The van der Waals surface area contributed by atoms with E-state index in [-0.39, 0.29) is 31.4 Å². The van der Waals surface area contributed by atoms with Gasteiger partial charge in [-0.05, 0) is 6.92 Å². The van der Waals surface area contributed by atoms with E-state index in [9.17, 15) is 14.4 Å². The molecule has 1 rings (SSSR count). The smallest absolute Gasteiger partial charge is 0.517 e. The summed E-state index contributed by atoms with van der Waals surface area (Å²) in [6.07, 6.45) is 0. The molecule has 19 heavy (non-hydrogen) atoms. The third-order valence-electron chi connectivity index (χ3n) is 2.25. The average Bonchev–Trinajstić information content (AvgIpc) is 2.37. The Morgan fingerprint density at radius 2 is 1.74 bits per heavy atom. The van der Waals surface area contributed by atoms with Crippen LogP contribution in [0.2, 0.25) is 0 Å². The van der Waals surface area contributed by atoms with Crippen molar-refractivity contribution in [2.75, 3.05) is 6.61 Å². The zero-order chi connectivity index (χ0) is 13.7. The fourth-order valence-electron chi connectivity index (χ4n) is 1.27. The van der Waals surface area contributed by atoms with Gasteiger partial charge >= 0.3 is 18.9 Å². The number of hydrogen-bond donors (Lipinski definition) is 0. The zero-order valence-corrected chi connectivity index (χ0v) is 12.6. The maximum atomic E-state index is 11.9. The van der Waals surface area contributed by atoms with E-state index in [4.69, 9.17) is 0 Å². The maximum Gasteiger partial charge on any atom is 1.00 e. The Labute approximate surface area is 132 Å². The van der Waals surface area contributed by atoms with E-state index in [1.807, 2.05) is 0 Å². The minimum atomic E-state index is -1.000. The van der Waals surface area contributed by atoms with E-state index >= 15 is 0 Å². The third-order valence-corrected chi connectivity index (χ3v) is 2.78. The van der Waals surface area contributed by atoms with Gasteiger partial charge in [-0.15, -0.1) is 12.1 Å². The molecule has 0 bridgehead atoms. The van der Waals surface area contributed by atoms with Crippen LogP contribution in [0.1, 0.15) is 24.2 Å². The van der Waals surface area contributed by atoms with Crippen LogP contribution in [0.5, 0.6) is 0 Å². The van der Waals surface area contributed by atoms with E-state index in [0.717, 1.165) is 4.47 Å². The third kappa shape index (κ3) is 4.87. The summed E-state index contributed by atoms with van der Waals surface area (Å²) in [5.74, 6) is -2.51. The predicted octanol–water partition coefficient (Wildman–Crippen LogP) is -0.638. The molecule has 6 heteroatoms. The van der Waals surface area contributed by atoms with Crippen molar-refractivity contribution in [2.24, 2.45) is 0 Å². The monoisotopic (exact) mass is 318 g/mol. The number of hydrogen-bond acceptors (Lipinski definition) is 4. The number of carbonyl (C=O) groups is 3. The molecular formula is C13H12BrLiO4. The van der Waals surface area contributed by atoms with Gasteiger partial charge in [0.2, 0.25) is 0 Å². The van der Waals surface area contributed by atoms with Crippen LogP contribution in [0.25, 0.3) is 0 Å². The van der Waals surface area contributed by atoms with E-state index < -0.39 is 17.5 Å². The molecule has 0 spiro atoms. The molecule has 0 amide bonds. The normalized spacial score (nSPS) is 9.21. The molecular weight excluding hydrogens is 307 g/mol. The quantitative estimate of drug-likeness (QED) is 0.181. The predicted molar refractivity (Wildman–Crippen MR) is 69.0 cm³/mol. The topological polar surface area (TPSA) is 60.4 Å². The minimum Gasteiger partial charge on any atom is -0.517 e. The first kappa shape index (κ1) is 18.0. The fraction of sp³-hybridized carbons (Fsp3) is 0.231. The van der Waals surface area contributed by atoms with Crippen LogP contribution in [-0.4, -0.2) is 24.1 Å². The van der Waals surface area contributed by atoms with Gasteiger partial charge in [-0.25, -0.2) is 0 Å². The Morgan fingerprint density at radius 1 is 1.21 bits per heavy atom. The van der Waals surface area contributed by atoms with E-state index in [0.29, 0.717) is 5.56 Å². The van der Waals surface area contributed by atoms with Crippen LogP contribution >= 0.6 is 15.9 Å². The minimum absolute atomic E-state index is 0. The Kier molecular flexibility index (Phi) is 7.77. The average molecular weight is 319 g/mol. The fourth-order valence-corrected chi connectivity index (χ4v) is 1.53. The van der Waals surface area contributed by atoms with Crippen LogP contribution in [0.15, 0.2) is 28.7 Å². The first-order valence-corrected chi connectivity index (χ1v) is 6.12. The number of halogens is 1. The number of esters is 1. The SMILES string of the molecule is CCOC(=O)C(=O)[C-](C)C(=O)c1ccc(Br)cc1.[Li+]. The molecule has 0 fully saturated rings. The molecule has 0 aromatic heterocycles. The van der Waals surface area contributed by atoms with Gasteiger partial charge in [-0.1, -0.05) is 46.5 Å². The van der Waals surface area contributed by atoms with Gasteiger partial charge in [0.05, 0.1) is 12.4 Å². The number of ketones is 2. The van der Waals surface area contributed by atoms with Gasteiger partial charge in [0.25, 0.3) is 5.97 Å². The molecule has 0 aliphatic carbocycles. The van der Waals surface area contributed by atoms with Crippen molar-refractivity contribution in [2.45, 2.75) is 13.8 Å². The molecule has 0 heterocycles. The van der Waals surface area contributed by atoms with E-state index in [2.05, 4.69) is 20.7 Å². The summed E-state index contributed by atoms with van der Waals surface area (Å²) in [5, 5.41) is 0. The van der Waals surface area contributed by atoms with Crippen LogP contribution < -0.4 is 18.9 Å². The Balaban J connectivity index is 0.00000324. The van der Waals surface area contributed by atoms with Gasteiger partial charge in [-0.3, -0.25) is 0 Å². The van der Waals surface area contributed by atoms with Crippen molar-refractivity contribution < 1.29 is 38.0 Å². The molecule has 96 valence electrons. The number of benzene rings is 1. The molecule has 0 N–H and O–H groups in total. The molecule has 1 aromatic rings. The summed E-state index contributed by atoms with van der Waals surface area (Å²) in [6.45, 7) is 3.02. The number of rotatable bonds is 5. The van der Waals surface area contributed by atoms with E-state index in [1.165, 1.54) is 6.92 Å². The van der Waals surface area contributed by atoms with Gasteiger partial charge < -0.3 is 19.1 Å². The second-order valence-corrected chi connectivity index (χ2v) is 4.43. The Morgan fingerprint density at radius 3 is 2.21 bits per heavy atom. The number of ether oxygens (including phenoxy) is 1. The van der Waals surface area contributed by atoms with Crippen LogP contribution in [0.4, 0.5) is 0 Å². The summed E-state index contributed by atoms with van der Waals surface area (Å²) in [7, 11) is 0. The van der Waals surface area contributed by atoms with Crippen LogP contribution in [0.3, 0.4) is 0 Å². The Bertz CT molecular complexity index is 470. The van der Waals surface area contributed by atoms with Crippen LogP contribution in [0, 0.1) is 5.92 Å². The Hall–Kier alpha value is -1.02. The van der Waals surface area contributed by atoms with Gasteiger partial charge in [0.15, 0.2) is 5.78 Å². The first-order chi connectivity index (χ1) is 8.47. The summed E-state index contributed by atoms with van der Waals surface area (Å²) >= 11 is 3.25. The van der Waals surface area contributed by atoms with Crippen molar-refractivity contribution in [3.63, 3.8) is 0 Å². The van der Waals surface area contributed by atoms with Gasteiger partial charge in [0, 0.05) is 4.47 Å². The van der Waals surface area contributed by atoms with Crippen molar-refractivity contribution in [3.05, 3.63) is 40.2 Å². The molecule has 1 aromatic carbocycles. The standard InChI is InChI=1S/C13H12BrO4.Li/c1-3-18-13(17)12(16)8(2)11(15)9-4-6-10(14)7-5-9;/h4-7H,3H2,1-2H3;/q-1;+1. The molecule has 4 nitrogen and oxygen atoms in total. The van der Waals surface area contributed by atoms with Gasteiger partial charge in [-0.2, -0.15) is 0 Å². The molecule has 0 atom stereocenters. The number of Topliss-reactive ketones (excluding diaryl/α,β-unsaturated/α-hetero) is 2. The molecule has 0 saturated heterocycles. The molecule has 0 radical (unpaired) electrons. The summed E-state index contributed by atoms with van der Waals surface area (Å²) in [6, 6.07) is 6.54. The largest absolute Gasteiger partial charge is 1.00 e. The van der Waals surface area contributed by atoms with Crippen molar-refractivity contribution in [3.8, 4) is 0 Å². The molecule has 0 saturated carbocycles. The van der Waals surface area contributed by atoms with Crippen molar-refractivity contribution >= 4 is 33.5 Å². The van der Waals surface area contributed by atoms with Crippen LogP contribution in [-0.2, 0) is 14.3 Å². The zero-order valence-electron chi connectivity index (χ0n) is 11.0.